The summed E-state index contributed by atoms with van der Waals surface area (Å²) in [6.07, 6.45) is 0. The summed E-state index contributed by atoms with van der Waals surface area (Å²) in [4.78, 5) is 5.08. The van der Waals surface area contributed by atoms with E-state index in [0.29, 0.717) is 10.0 Å². The fraction of sp³-hybridized carbons (Fsp3) is 0.400. The summed E-state index contributed by atoms with van der Waals surface area (Å²) >= 11 is 14.8. The van der Waals surface area contributed by atoms with Crippen LogP contribution in [-0.2, 0) is 48.7 Å². The summed E-state index contributed by atoms with van der Waals surface area (Å²) in [6.45, 7) is 63.1. The van der Waals surface area contributed by atoms with Gasteiger partial charge in [0.2, 0.25) is 0 Å². The summed E-state index contributed by atoms with van der Waals surface area (Å²) in [5, 5.41) is 1.31. The topological polar surface area (TPSA) is 6.48 Å². The predicted octanol–water partition coefficient (Wildman–Crippen LogP) is 28.3. The highest BCUT2D eigenvalue weighted by Crippen LogP contribution is 2.56. The Labute approximate surface area is 579 Å². The SMILES string of the molecule is CC(C)(C)c1ccc(-c2cc(C(C)(C)C)cc(-c3ccc(C(C)(C)C)cc3C(C)(C)C)c2N(c2cccc(Cl)c2)c2cc(N(c3cccc(Cl)c3)c3c(-c4ccc(C(C)(C)C)cc4)cc(C(C)(C)C)cc3-c3ccc(C(C)(C)C)cc3C(C)(C)C)cc(C(C)(C)C)c2)cc1. The summed E-state index contributed by atoms with van der Waals surface area (Å²) < 4.78 is 0. The first kappa shape index (κ1) is 71.5. The van der Waals surface area contributed by atoms with E-state index in [1.807, 2.05) is 12.1 Å². The molecule has 0 unspecified atom stereocenters. The number of benzene rings is 9. The van der Waals surface area contributed by atoms with Crippen LogP contribution < -0.4 is 9.80 Å². The van der Waals surface area contributed by atoms with E-state index in [2.05, 4.69) is 361 Å². The summed E-state index contributed by atoms with van der Waals surface area (Å²) in [5.74, 6) is 0. The monoisotopic (exact) mass is 1290 g/mol. The smallest absolute Gasteiger partial charge is 0.0618 e. The van der Waals surface area contributed by atoms with E-state index in [0.717, 1.165) is 67.5 Å². The molecule has 0 spiro atoms. The molecule has 494 valence electrons. The lowest BCUT2D eigenvalue weighted by molar-refractivity contribution is 0.569. The molecule has 0 saturated heterocycles. The number of hydrogen-bond donors (Lipinski definition) is 0. The standard InChI is InChI=1S/C90H110Cl2N2/c1-82(2,3)59-38-34-57(35-39-59)74-48-64(87(16,17)18)50-76(72-44-42-61(84(7,8)9)52-78(72)89(22,23)24)80(74)93(68-32-28-30-66(91)54-68)70-46-63(86(13,14)15)47-71(56-70)94(69-33-29-31-67(92)55-69)81-75(58-36-40-60(41-37-58)83(4,5)6)49-65(88(19,20)21)51-77(81)73-45-43-62(85(10,11)12)53-79(73)90(25,26)27/h28-56H,1-27H3. The lowest BCUT2D eigenvalue weighted by Gasteiger charge is -2.37. The minimum atomic E-state index is -0.343. The lowest BCUT2D eigenvalue weighted by atomic mass is 9.75. The Morgan fingerprint density at radius 2 is 0.489 bits per heavy atom. The van der Waals surface area contributed by atoms with E-state index in [9.17, 15) is 0 Å². The van der Waals surface area contributed by atoms with Gasteiger partial charge in [-0.15, -0.1) is 0 Å². The molecular weight excluding hydrogens is 1180 g/mol. The molecule has 0 aromatic heterocycles. The first-order valence-electron chi connectivity index (χ1n) is 34.3. The Morgan fingerprint density at radius 1 is 0.213 bits per heavy atom. The molecule has 9 aromatic carbocycles. The van der Waals surface area contributed by atoms with Gasteiger partial charge in [-0.1, -0.05) is 307 Å². The molecule has 0 aliphatic rings. The Balaban J connectivity index is 1.55. The molecule has 0 bridgehead atoms. The van der Waals surface area contributed by atoms with Crippen molar-refractivity contribution in [1.29, 1.82) is 0 Å². The average molecular weight is 1290 g/mol. The van der Waals surface area contributed by atoms with Gasteiger partial charge in [-0.25, -0.2) is 0 Å². The molecule has 0 heterocycles. The Hall–Kier alpha value is -6.84. The average Bonchev–Trinajstić information content (AvgIpc) is 0.737. The predicted molar refractivity (Wildman–Crippen MR) is 416 cm³/mol. The molecule has 94 heavy (non-hydrogen) atoms. The van der Waals surface area contributed by atoms with Crippen molar-refractivity contribution in [1.82, 2.24) is 0 Å². The fourth-order valence-electron chi connectivity index (χ4n) is 12.8. The molecule has 2 nitrogen and oxygen atoms in total. The third-order valence-corrected chi connectivity index (χ3v) is 19.4. The molecule has 0 N–H and O–H groups in total. The minimum absolute atomic E-state index is 0.0471. The van der Waals surface area contributed by atoms with Crippen LogP contribution in [0.25, 0.3) is 44.5 Å². The second-order valence-corrected chi connectivity index (χ2v) is 37.0. The van der Waals surface area contributed by atoms with E-state index in [1.54, 1.807) is 0 Å². The largest absolute Gasteiger partial charge is 0.309 e. The van der Waals surface area contributed by atoms with Crippen molar-refractivity contribution in [3.05, 3.63) is 236 Å². The van der Waals surface area contributed by atoms with Crippen LogP contribution in [0.1, 0.15) is 237 Å². The Kier molecular flexibility index (Phi) is 19.2. The van der Waals surface area contributed by atoms with E-state index in [1.165, 1.54) is 61.2 Å². The van der Waals surface area contributed by atoms with Gasteiger partial charge in [0, 0.05) is 55.0 Å². The zero-order valence-corrected chi connectivity index (χ0v) is 63.9. The van der Waals surface area contributed by atoms with E-state index >= 15 is 0 Å². The van der Waals surface area contributed by atoms with Crippen LogP contribution >= 0.6 is 23.2 Å². The van der Waals surface area contributed by atoms with Crippen LogP contribution in [0.3, 0.4) is 0 Å². The molecule has 0 fully saturated rings. The van der Waals surface area contributed by atoms with Gasteiger partial charge in [-0.05, 0) is 200 Å². The van der Waals surface area contributed by atoms with E-state index in [-0.39, 0.29) is 48.7 Å². The quantitative estimate of drug-likeness (QED) is 0.135. The van der Waals surface area contributed by atoms with Crippen LogP contribution in [0.5, 0.6) is 0 Å². The molecule has 0 radical (unpaired) electrons. The van der Waals surface area contributed by atoms with Gasteiger partial charge in [0.1, 0.15) is 0 Å². The van der Waals surface area contributed by atoms with Crippen LogP contribution in [-0.4, -0.2) is 0 Å². The summed E-state index contributed by atoms with van der Waals surface area (Å²) in [6, 6.07) is 67.6. The zero-order valence-electron chi connectivity index (χ0n) is 62.4. The maximum absolute atomic E-state index is 7.39. The highest BCUT2D eigenvalue weighted by molar-refractivity contribution is 6.31. The first-order chi connectivity index (χ1) is 43.1. The second kappa shape index (κ2) is 25.3. The van der Waals surface area contributed by atoms with E-state index in [4.69, 9.17) is 23.2 Å². The van der Waals surface area contributed by atoms with Crippen molar-refractivity contribution < 1.29 is 0 Å². The van der Waals surface area contributed by atoms with Crippen molar-refractivity contribution in [2.24, 2.45) is 0 Å². The normalized spacial score (nSPS) is 13.2. The highest BCUT2D eigenvalue weighted by atomic mass is 35.5. The van der Waals surface area contributed by atoms with Crippen LogP contribution in [0, 0.1) is 0 Å². The molecule has 9 rings (SSSR count). The third-order valence-electron chi connectivity index (χ3n) is 18.9. The van der Waals surface area contributed by atoms with Gasteiger partial charge in [-0.3, -0.25) is 0 Å². The lowest BCUT2D eigenvalue weighted by Crippen LogP contribution is -2.21. The van der Waals surface area contributed by atoms with Crippen LogP contribution in [0.15, 0.2) is 176 Å². The van der Waals surface area contributed by atoms with Gasteiger partial charge in [0.05, 0.1) is 11.4 Å². The van der Waals surface area contributed by atoms with Crippen molar-refractivity contribution in [2.45, 2.75) is 236 Å². The number of anilines is 6. The van der Waals surface area contributed by atoms with Gasteiger partial charge < -0.3 is 9.80 Å². The maximum Gasteiger partial charge on any atom is 0.0618 e. The molecule has 0 atom stereocenters. The van der Waals surface area contributed by atoms with Gasteiger partial charge in [0.15, 0.2) is 0 Å². The number of hydrogen-bond acceptors (Lipinski definition) is 2. The minimum Gasteiger partial charge on any atom is -0.309 e. The second-order valence-electron chi connectivity index (χ2n) is 36.1. The van der Waals surface area contributed by atoms with Crippen LogP contribution in [0.2, 0.25) is 10.0 Å². The molecule has 0 saturated carbocycles. The van der Waals surface area contributed by atoms with E-state index < -0.39 is 0 Å². The molecule has 0 amide bonds. The number of nitrogens with zero attached hydrogens (tertiary/aromatic N) is 2. The summed E-state index contributed by atoms with van der Waals surface area (Å²) in [7, 11) is 0. The Bertz CT molecular complexity index is 3970. The Morgan fingerprint density at radius 3 is 0.766 bits per heavy atom. The van der Waals surface area contributed by atoms with Gasteiger partial charge >= 0.3 is 0 Å². The van der Waals surface area contributed by atoms with Crippen LogP contribution in [0.4, 0.5) is 34.1 Å². The van der Waals surface area contributed by atoms with Crippen molar-refractivity contribution in [3.63, 3.8) is 0 Å². The fourth-order valence-corrected chi connectivity index (χ4v) is 13.2. The van der Waals surface area contributed by atoms with Gasteiger partial charge in [0.25, 0.3) is 0 Å². The first-order valence-corrected chi connectivity index (χ1v) is 35.0. The molecule has 4 heteroatoms. The number of rotatable bonds is 10. The maximum atomic E-state index is 7.39. The zero-order chi connectivity index (χ0) is 69.6. The van der Waals surface area contributed by atoms with Crippen molar-refractivity contribution in [3.8, 4) is 44.5 Å². The highest BCUT2D eigenvalue weighted by Gasteiger charge is 2.35. The summed E-state index contributed by atoms with van der Waals surface area (Å²) in [5.41, 5.74) is 25.2. The number of halogens is 2. The molecule has 0 aliphatic carbocycles. The van der Waals surface area contributed by atoms with Crippen molar-refractivity contribution in [2.75, 3.05) is 9.80 Å². The van der Waals surface area contributed by atoms with Crippen molar-refractivity contribution >= 4 is 57.3 Å². The molecular formula is C90H110Cl2N2. The third kappa shape index (κ3) is 15.5. The van der Waals surface area contributed by atoms with Gasteiger partial charge in [-0.2, -0.15) is 0 Å². The molecule has 9 aromatic rings. The molecule has 0 aliphatic heterocycles.